The summed E-state index contributed by atoms with van der Waals surface area (Å²) in [6.07, 6.45) is 1.50. The summed E-state index contributed by atoms with van der Waals surface area (Å²) in [5.41, 5.74) is 0.284. The lowest BCUT2D eigenvalue weighted by molar-refractivity contribution is -0.122. The molecule has 0 bridgehead atoms. The lowest BCUT2D eigenvalue weighted by Gasteiger charge is -2.26. The third kappa shape index (κ3) is 2.93. The molecule has 0 spiro atoms. The number of hydrogen-bond acceptors (Lipinski definition) is 5. The molecule has 122 valence electrons. The third-order valence-corrected chi connectivity index (χ3v) is 4.43. The van der Waals surface area contributed by atoms with Gasteiger partial charge in [-0.25, -0.2) is 9.69 Å². The molecule has 1 N–H and O–H groups in total. The fraction of sp³-hybridized carbons (Fsp3) is 0.118. The highest BCUT2D eigenvalue weighted by atomic mass is 32.1. The van der Waals surface area contributed by atoms with Crippen LogP contribution in [-0.2, 0) is 9.59 Å². The first-order valence-corrected chi connectivity index (χ1v) is 7.93. The molecular weight excluding hydrogens is 328 g/mol. The number of nitrogens with zero attached hydrogens (tertiary/aromatic N) is 1. The Kier molecular flexibility index (Phi) is 4.18. The normalized spacial score (nSPS) is 16.5. The molecule has 4 amide bonds. The van der Waals surface area contributed by atoms with Crippen LogP contribution in [0.3, 0.4) is 0 Å². The number of amides is 4. The van der Waals surface area contributed by atoms with E-state index in [1.54, 1.807) is 24.3 Å². The maximum atomic E-state index is 12.7. The van der Waals surface area contributed by atoms with Crippen molar-refractivity contribution in [3.63, 3.8) is 0 Å². The summed E-state index contributed by atoms with van der Waals surface area (Å²) in [7, 11) is 1.52. The number of rotatable bonds is 3. The Morgan fingerprint density at radius 1 is 1.08 bits per heavy atom. The van der Waals surface area contributed by atoms with E-state index in [0.29, 0.717) is 11.4 Å². The fourth-order valence-corrected chi connectivity index (χ4v) is 3.12. The largest absolute Gasteiger partial charge is 0.497 e. The molecule has 0 aliphatic carbocycles. The summed E-state index contributed by atoms with van der Waals surface area (Å²) < 4.78 is 5.06. The first-order valence-electron chi connectivity index (χ1n) is 7.11. The number of benzene rings is 1. The number of methoxy groups -OCH3 is 1. The zero-order valence-corrected chi connectivity index (χ0v) is 13.8. The highest BCUT2D eigenvalue weighted by Gasteiger charge is 2.36. The summed E-state index contributed by atoms with van der Waals surface area (Å²) in [5.74, 6) is -0.745. The SMILES string of the molecule is COc1ccc(N2C(=O)NC(=O)/C(=C\c3ccc(C)s3)C2=O)cc1. The lowest BCUT2D eigenvalue weighted by Crippen LogP contribution is -2.54. The van der Waals surface area contributed by atoms with Crippen LogP contribution in [-0.4, -0.2) is 25.0 Å². The molecule has 7 heteroatoms. The minimum absolute atomic E-state index is 0.0766. The molecule has 24 heavy (non-hydrogen) atoms. The number of urea groups is 1. The molecule has 3 rings (SSSR count). The van der Waals surface area contributed by atoms with Gasteiger partial charge in [-0.15, -0.1) is 11.3 Å². The van der Waals surface area contributed by atoms with Crippen molar-refractivity contribution in [1.29, 1.82) is 0 Å². The number of ether oxygens (including phenoxy) is 1. The summed E-state index contributed by atoms with van der Waals surface area (Å²) in [5, 5.41) is 2.20. The van der Waals surface area contributed by atoms with Crippen LogP contribution in [0.1, 0.15) is 9.75 Å². The molecule has 1 aromatic heterocycles. The van der Waals surface area contributed by atoms with Gasteiger partial charge >= 0.3 is 6.03 Å². The van der Waals surface area contributed by atoms with Gasteiger partial charge in [0.25, 0.3) is 11.8 Å². The van der Waals surface area contributed by atoms with E-state index in [-0.39, 0.29) is 5.57 Å². The molecule has 1 fully saturated rings. The topological polar surface area (TPSA) is 75.7 Å². The molecule has 1 saturated heterocycles. The molecule has 2 aromatic rings. The van der Waals surface area contributed by atoms with Crippen LogP contribution in [0.5, 0.6) is 5.75 Å². The molecule has 0 radical (unpaired) electrons. The van der Waals surface area contributed by atoms with Crippen molar-refractivity contribution in [2.24, 2.45) is 0 Å². The quantitative estimate of drug-likeness (QED) is 0.687. The van der Waals surface area contributed by atoms with E-state index >= 15 is 0 Å². The molecule has 0 unspecified atom stereocenters. The van der Waals surface area contributed by atoms with Gasteiger partial charge < -0.3 is 4.74 Å². The Bertz CT molecular complexity index is 852. The molecule has 0 saturated carbocycles. The Labute approximate surface area is 142 Å². The molecule has 6 nitrogen and oxygen atoms in total. The van der Waals surface area contributed by atoms with Gasteiger partial charge in [-0.3, -0.25) is 14.9 Å². The maximum absolute atomic E-state index is 12.7. The zero-order chi connectivity index (χ0) is 17.3. The molecule has 1 aliphatic heterocycles. The minimum Gasteiger partial charge on any atom is -0.497 e. The van der Waals surface area contributed by atoms with Gasteiger partial charge in [-0.1, -0.05) is 0 Å². The highest BCUT2D eigenvalue weighted by Crippen LogP contribution is 2.25. The predicted molar refractivity (Wildman–Crippen MR) is 91.1 cm³/mol. The van der Waals surface area contributed by atoms with E-state index in [0.717, 1.165) is 14.7 Å². The number of nitrogens with one attached hydrogen (secondary N) is 1. The average molecular weight is 342 g/mol. The number of hydrogen-bond donors (Lipinski definition) is 1. The van der Waals surface area contributed by atoms with Gasteiger partial charge in [-0.05, 0) is 49.4 Å². The van der Waals surface area contributed by atoms with E-state index in [1.165, 1.54) is 24.5 Å². The van der Waals surface area contributed by atoms with Crippen LogP contribution in [0.4, 0.5) is 10.5 Å². The number of imide groups is 2. The van der Waals surface area contributed by atoms with Gasteiger partial charge in [0.2, 0.25) is 0 Å². The zero-order valence-electron chi connectivity index (χ0n) is 13.0. The fourth-order valence-electron chi connectivity index (χ4n) is 2.30. The second-order valence-electron chi connectivity index (χ2n) is 5.10. The lowest BCUT2D eigenvalue weighted by atomic mass is 10.1. The van der Waals surface area contributed by atoms with Crippen LogP contribution in [0.2, 0.25) is 0 Å². The van der Waals surface area contributed by atoms with E-state index in [9.17, 15) is 14.4 Å². The third-order valence-electron chi connectivity index (χ3n) is 3.48. The van der Waals surface area contributed by atoms with Gasteiger partial charge in [0, 0.05) is 9.75 Å². The van der Waals surface area contributed by atoms with E-state index in [1.807, 2.05) is 19.1 Å². The van der Waals surface area contributed by atoms with Crippen LogP contribution in [0.25, 0.3) is 6.08 Å². The summed E-state index contributed by atoms with van der Waals surface area (Å²) in [4.78, 5) is 39.6. The molecule has 1 aliphatic rings. The molecule has 0 atom stereocenters. The molecule has 2 heterocycles. The van der Waals surface area contributed by atoms with E-state index in [2.05, 4.69) is 5.32 Å². The number of carbonyl (C=O) groups excluding carboxylic acids is 3. The number of carbonyl (C=O) groups is 3. The standard InChI is InChI=1S/C17H14N2O4S/c1-10-3-8-13(24-10)9-14-15(20)18-17(22)19(16(14)21)11-4-6-12(23-2)7-5-11/h3-9H,1-2H3,(H,18,20,22)/b14-9+. The number of thiophene rings is 1. The summed E-state index contributed by atoms with van der Waals surface area (Å²) in [6.45, 7) is 1.93. The summed E-state index contributed by atoms with van der Waals surface area (Å²) in [6, 6.07) is 9.39. The van der Waals surface area contributed by atoms with Crippen LogP contribution >= 0.6 is 11.3 Å². The monoisotopic (exact) mass is 342 g/mol. The number of aryl methyl sites for hydroxylation is 1. The Balaban J connectivity index is 1.97. The van der Waals surface area contributed by atoms with E-state index < -0.39 is 17.8 Å². The Morgan fingerprint density at radius 2 is 1.79 bits per heavy atom. The Hall–Kier alpha value is -2.93. The first-order chi connectivity index (χ1) is 11.5. The van der Waals surface area contributed by atoms with Crippen LogP contribution in [0, 0.1) is 6.92 Å². The molecular formula is C17H14N2O4S. The van der Waals surface area contributed by atoms with Crippen LogP contribution in [0.15, 0.2) is 42.0 Å². The van der Waals surface area contributed by atoms with Gasteiger partial charge in [0.15, 0.2) is 0 Å². The van der Waals surface area contributed by atoms with Crippen molar-refractivity contribution in [1.82, 2.24) is 5.32 Å². The van der Waals surface area contributed by atoms with Crippen molar-refractivity contribution < 1.29 is 19.1 Å². The molecule has 1 aromatic carbocycles. The minimum atomic E-state index is -0.769. The smallest absolute Gasteiger partial charge is 0.335 e. The average Bonchev–Trinajstić information content (AvgIpc) is 2.97. The second-order valence-corrected chi connectivity index (χ2v) is 6.42. The van der Waals surface area contributed by atoms with Gasteiger partial charge in [-0.2, -0.15) is 0 Å². The Morgan fingerprint density at radius 3 is 2.38 bits per heavy atom. The van der Waals surface area contributed by atoms with Crippen LogP contribution < -0.4 is 15.0 Å². The van der Waals surface area contributed by atoms with Crippen molar-refractivity contribution in [2.45, 2.75) is 6.92 Å². The summed E-state index contributed by atoms with van der Waals surface area (Å²) >= 11 is 1.46. The van der Waals surface area contributed by atoms with Gasteiger partial charge in [0.1, 0.15) is 11.3 Å². The van der Waals surface area contributed by atoms with Crippen molar-refractivity contribution in [3.8, 4) is 5.75 Å². The van der Waals surface area contributed by atoms with Crippen molar-refractivity contribution >= 4 is 40.9 Å². The van der Waals surface area contributed by atoms with Crippen molar-refractivity contribution in [2.75, 3.05) is 12.0 Å². The predicted octanol–water partition coefficient (Wildman–Crippen LogP) is 2.73. The first kappa shape index (κ1) is 15.9. The van der Waals surface area contributed by atoms with E-state index in [4.69, 9.17) is 4.74 Å². The van der Waals surface area contributed by atoms with Gasteiger partial charge in [0.05, 0.1) is 12.8 Å². The van der Waals surface area contributed by atoms with Crippen molar-refractivity contribution in [3.05, 3.63) is 51.7 Å². The number of anilines is 1. The second kappa shape index (κ2) is 6.29. The number of barbiturate groups is 1. The maximum Gasteiger partial charge on any atom is 0.335 e. The highest BCUT2D eigenvalue weighted by molar-refractivity contribution is 7.12.